The van der Waals surface area contributed by atoms with Gasteiger partial charge in [-0.15, -0.1) is 0 Å². The lowest BCUT2D eigenvalue weighted by molar-refractivity contribution is -0.137. The van der Waals surface area contributed by atoms with Crippen molar-refractivity contribution < 1.29 is 19.1 Å². The molecule has 1 N–H and O–H groups in total. The smallest absolute Gasteiger partial charge is 0.278 e. The van der Waals surface area contributed by atoms with Crippen LogP contribution in [0.15, 0.2) is 78.8 Å². The third kappa shape index (κ3) is 4.72. The second-order valence-corrected chi connectivity index (χ2v) is 7.33. The van der Waals surface area contributed by atoms with Gasteiger partial charge in [0.15, 0.2) is 11.5 Å². The van der Waals surface area contributed by atoms with Crippen LogP contribution < -0.4 is 14.8 Å². The zero-order valence-electron chi connectivity index (χ0n) is 18.6. The number of imide groups is 1. The number of pyridine rings is 1. The Labute approximate surface area is 192 Å². The SMILES string of the molecule is CCOc1ccc(NC2=C(c3ccccc3)C(=O)N(Cc3cccnc3)C2=O)cc1OCC. The number of hydrogen-bond donors (Lipinski definition) is 1. The number of ether oxygens (including phenoxy) is 2. The van der Waals surface area contributed by atoms with Crippen molar-refractivity contribution in [3.05, 3.63) is 89.9 Å². The molecule has 7 nitrogen and oxygen atoms in total. The molecule has 33 heavy (non-hydrogen) atoms. The number of rotatable bonds is 9. The van der Waals surface area contributed by atoms with Crippen molar-refractivity contribution in [3.63, 3.8) is 0 Å². The molecule has 0 atom stereocenters. The summed E-state index contributed by atoms with van der Waals surface area (Å²) in [6.45, 7) is 4.91. The van der Waals surface area contributed by atoms with E-state index in [1.807, 2.05) is 50.2 Å². The van der Waals surface area contributed by atoms with Crippen molar-refractivity contribution >= 4 is 23.1 Å². The molecule has 0 saturated heterocycles. The summed E-state index contributed by atoms with van der Waals surface area (Å²) in [5.41, 5.74) is 2.61. The van der Waals surface area contributed by atoms with Crippen LogP contribution in [-0.2, 0) is 16.1 Å². The lowest BCUT2D eigenvalue weighted by atomic mass is 10.0. The van der Waals surface area contributed by atoms with Crippen LogP contribution in [0.4, 0.5) is 5.69 Å². The Bertz CT molecular complexity index is 1180. The molecule has 0 radical (unpaired) electrons. The summed E-state index contributed by atoms with van der Waals surface area (Å²) in [6, 6.07) is 18.1. The molecule has 2 amide bonds. The molecule has 0 saturated carbocycles. The predicted octanol–water partition coefficient (Wildman–Crippen LogP) is 4.27. The van der Waals surface area contributed by atoms with E-state index in [0.29, 0.717) is 41.5 Å². The predicted molar refractivity (Wildman–Crippen MR) is 126 cm³/mol. The maximum absolute atomic E-state index is 13.4. The minimum Gasteiger partial charge on any atom is -0.490 e. The fraction of sp³-hybridized carbons (Fsp3) is 0.192. The van der Waals surface area contributed by atoms with E-state index in [-0.39, 0.29) is 18.1 Å². The molecule has 2 aromatic carbocycles. The average Bonchev–Trinajstić information content (AvgIpc) is 3.06. The Morgan fingerprint density at radius 3 is 2.33 bits per heavy atom. The number of benzene rings is 2. The zero-order valence-corrected chi connectivity index (χ0v) is 18.6. The van der Waals surface area contributed by atoms with Crippen LogP contribution in [0.1, 0.15) is 25.0 Å². The summed E-state index contributed by atoms with van der Waals surface area (Å²) in [5, 5.41) is 3.17. The summed E-state index contributed by atoms with van der Waals surface area (Å²) >= 11 is 0. The monoisotopic (exact) mass is 443 g/mol. The van der Waals surface area contributed by atoms with E-state index in [2.05, 4.69) is 10.3 Å². The molecule has 1 aliphatic rings. The van der Waals surface area contributed by atoms with Crippen LogP contribution >= 0.6 is 0 Å². The molecule has 2 heterocycles. The summed E-state index contributed by atoms with van der Waals surface area (Å²) in [5.74, 6) is 0.437. The maximum Gasteiger partial charge on any atom is 0.278 e. The molecule has 0 unspecified atom stereocenters. The Morgan fingerprint density at radius 2 is 1.64 bits per heavy atom. The number of carbonyl (C=O) groups is 2. The number of carbonyl (C=O) groups excluding carboxylic acids is 2. The van der Waals surface area contributed by atoms with Gasteiger partial charge in [0.05, 0.1) is 25.3 Å². The summed E-state index contributed by atoms with van der Waals surface area (Å²) in [6.07, 6.45) is 3.30. The van der Waals surface area contributed by atoms with Crippen LogP contribution in [0, 0.1) is 0 Å². The highest BCUT2D eigenvalue weighted by Gasteiger charge is 2.39. The summed E-state index contributed by atoms with van der Waals surface area (Å²) < 4.78 is 11.3. The van der Waals surface area contributed by atoms with Gasteiger partial charge in [0.2, 0.25) is 0 Å². The van der Waals surface area contributed by atoms with E-state index in [1.54, 1.807) is 36.7 Å². The van der Waals surface area contributed by atoms with Gasteiger partial charge in [-0.3, -0.25) is 19.5 Å². The van der Waals surface area contributed by atoms with Crippen LogP contribution in [0.25, 0.3) is 5.57 Å². The highest BCUT2D eigenvalue weighted by atomic mass is 16.5. The maximum atomic E-state index is 13.4. The highest BCUT2D eigenvalue weighted by Crippen LogP contribution is 2.35. The van der Waals surface area contributed by atoms with E-state index < -0.39 is 5.91 Å². The molecule has 168 valence electrons. The van der Waals surface area contributed by atoms with E-state index >= 15 is 0 Å². The van der Waals surface area contributed by atoms with Crippen molar-refractivity contribution in [2.45, 2.75) is 20.4 Å². The molecule has 0 fully saturated rings. The summed E-state index contributed by atoms with van der Waals surface area (Å²) in [7, 11) is 0. The summed E-state index contributed by atoms with van der Waals surface area (Å²) in [4.78, 5) is 32.1. The van der Waals surface area contributed by atoms with Gasteiger partial charge in [0.25, 0.3) is 11.8 Å². The third-order valence-corrected chi connectivity index (χ3v) is 5.11. The first-order valence-electron chi connectivity index (χ1n) is 10.8. The molecule has 7 heteroatoms. The van der Waals surface area contributed by atoms with Gasteiger partial charge >= 0.3 is 0 Å². The highest BCUT2D eigenvalue weighted by molar-refractivity contribution is 6.36. The molecule has 3 aromatic rings. The lowest BCUT2D eigenvalue weighted by Crippen LogP contribution is -2.32. The van der Waals surface area contributed by atoms with Gasteiger partial charge in [-0.25, -0.2) is 0 Å². The number of anilines is 1. The van der Waals surface area contributed by atoms with Crippen LogP contribution in [0.3, 0.4) is 0 Å². The number of hydrogen-bond acceptors (Lipinski definition) is 6. The fourth-order valence-corrected chi connectivity index (χ4v) is 3.66. The third-order valence-electron chi connectivity index (χ3n) is 5.11. The van der Waals surface area contributed by atoms with E-state index in [4.69, 9.17) is 9.47 Å². The first kappa shape index (κ1) is 22.1. The number of nitrogens with zero attached hydrogens (tertiary/aromatic N) is 2. The van der Waals surface area contributed by atoms with Crippen molar-refractivity contribution in [1.29, 1.82) is 0 Å². The number of nitrogens with one attached hydrogen (secondary N) is 1. The number of amides is 2. The van der Waals surface area contributed by atoms with Crippen molar-refractivity contribution in [3.8, 4) is 11.5 Å². The van der Waals surface area contributed by atoms with E-state index in [1.165, 1.54) is 4.90 Å². The molecular weight excluding hydrogens is 418 g/mol. The average molecular weight is 444 g/mol. The molecule has 4 rings (SSSR count). The van der Waals surface area contributed by atoms with Gasteiger partial charge in [-0.1, -0.05) is 36.4 Å². The van der Waals surface area contributed by atoms with Gasteiger partial charge in [0, 0.05) is 24.1 Å². The standard InChI is InChI=1S/C26H25N3O4/c1-3-32-21-13-12-20(15-22(21)33-4-2)28-24-23(19-10-6-5-7-11-19)25(30)29(26(24)31)17-18-9-8-14-27-16-18/h5-16,28H,3-4,17H2,1-2H3. The molecule has 1 aliphatic heterocycles. The van der Waals surface area contributed by atoms with Crippen LogP contribution in [0.5, 0.6) is 11.5 Å². The first-order valence-corrected chi connectivity index (χ1v) is 10.8. The van der Waals surface area contributed by atoms with Gasteiger partial charge in [-0.2, -0.15) is 0 Å². The Hall–Kier alpha value is -4.13. The van der Waals surface area contributed by atoms with Crippen LogP contribution in [-0.4, -0.2) is 34.9 Å². The molecule has 0 aliphatic carbocycles. The van der Waals surface area contributed by atoms with Crippen molar-refractivity contribution in [2.24, 2.45) is 0 Å². The second kappa shape index (κ2) is 9.99. The largest absolute Gasteiger partial charge is 0.490 e. The van der Waals surface area contributed by atoms with Gasteiger partial charge < -0.3 is 14.8 Å². The van der Waals surface area contributed by atoms with E-state index in [9.17, 15) is 9.59 Å². The second-order valence-electron chi connectivity index (χ2n) is 7.33. The van der Waals surface area contributed by atoms with E-state index in [0.717, 1.165) is 5.56 Å². The van der Waals surface area contributed by atoms with Crippen molar-refractivity contribution in [1.82, 2.24) is 9.88 Å². The normalized spacial score (nSPS) is 13.5. The lowest BCUT2D eigenvalue weighted by Gasteiger charge is -2.16. The molecule has 0 spiro atoms. The van der Waals surface area contributed by atoms with Crippen LogP contribution in [0.2, 0.25) is 0 Å². The molecular formula is C26H25N3O4. The Balaban J connectivity index is 1.71. The quantitative estimate of drug-likeness (QED) is 0.498. The van der Waals surface area contributed by atoms with Crippen molar-refractivity contribution in [2.75, 3.05) is 18.5 Å². The fourth-order valence-electron chi connectivity index (χ4n) is 3.66. The molecule has 1 aromatic heterocycles. The first-order chi connectivity index (χ1) is 16.1. The Morgan fingerprint density at radius 1 is 0.879 bits per heavy atom. The number of aromatic nitrogens is 1. The topological polar surface area (TPSA) is 80.8 Å². The van der Waals surface area contributed by atoms with Gasteiger partial charge in [-0.05, 0) is 43.2 Å². The minimum atomic E-state index is -0.394. The van der Waals surface area contributed by atoms with Gasteiger partial charge in [0.1, 0.15) is 5.70 Å². The molecule has 0 bridgehead atoms. The minimum absolute atomic E-state index is 0.139. The zero-order chi connectivity index (χ0) is 23.2. The Kier molecular flexibility index (Phi) is 6.69.